The summed E-state index contributed by atoms with van der Waals surface area (Å²) in [6.45, 7) is 8.17. The molecule has 2 aliphatic heterocycles. The topological polar surface area (TPSA) is 201 Å². The quantitative estimate of drug-likeness (QED) is 0.0637. The smallest absolute Gasteiger partial charge is 0.268 e. The Morgan fingerprint density at radius 3 is 2.40 bits per heavy atom. The summed E-state index contributed by atoms with van der Waals surface area (Å²) in [4.78, 5) is 73.1. The number of nitrogens with one attached hydrogen (secondary N) is 4. The average Bonchev–Trinajstić information content (AvgIpc) is 3.95. The molecule has 5 amide bonds. The van der Waals surface area contributed by atoms with Crippen LogP contribution in [0.4, 0.5) is 10.1 Å². The molecule has 2 aromatic heterocycles. The number of nitrogens with two attached hydrogens (primary N) is 1. The summed E-state index contributed by atoms with van der Waals surface area (Å²) in [6.07, 6.45) is 5.47. The lowest BCUT2D eigenvalue weighted by Crippen LogP contribution is -2.57. The zero-order valence-corrected chi connectivity index (χ0v) is 37.8. The predicted octanol–water partition coefficient (Wildman–Crippen LogP) is 6.17. The maximum atomic E-state index is 14.1. The third kappa shape index (κ3) is 11.8. The zero-order chi connectivity index (χ0) is 45.4. The number of amides is 5. The number of aliphatic hydroxyl groups excluding tert-OH is 1. The van der Waals surface area contributed by atoms with Gasteiger partial charge in [-0.3, -0.25) is 24.0 Å². The van der Waals surface area contributed by atoms with E-state index in [1.807, 2.05) is 57.5 Å². The van der Waals surface area contributed by atoms with Gasteiger partial charge in [-0.05, 0) is 60.6 Å². The van der Waals surface area contributed by atoms with Gasteiger partial charge in [0.25, 0.3) is 5.91 Å². The van der Waals surface area contributed by atoms with E-state index in [1.165, 1.54) is 29.2 Å². The number of anilines is 1. The van der Waals surface area contributed by atoms with Gasteiger partial charge in [-0.1, -0.05) is 88.7 Å². The summed E-state index contributed by atoms with van der Waals surface area (Å²) in [6, 6.07) is 10.7. The van der Waals surface area contributed by atoms with E-state index in [4.69, 9.17) is 17.3 Å². The molecule has 63 heavy (non-hydrogen) atoms. The number of nitrogen functional groups attached to an aromatic ring is 1. The first-order valence-corrected chi connectivity index (χ1v) is 22.8. The lowest BCUT2D eigenvalue weighted by Gasteiger charge is -2.35. The zero-order valence-electron chi connectivity index (χ0n) is 36.3. The highest BCUT2D eigenvalue weighted by Crippen LogP contribution is 2.36. The number of fused-ring (bicyclic) bond motifs is 1. The van der Waals surface area contributed by atoms with Crippen LogP contribution < -0.4 is 27.0 Å². The Balaban J connectivity index is 0.888. The number of β-amino-alcohol motifs (C(OH)–C–C–N with tert-alkyl or cyclic N) is 1. The Morgan fingerprint density at radius 2 is 1.71 bits per heavy atom. The van der Waals surface area contributed by atoms with E-state index in [9.17, 15) is 33.5 Å². The van der Waals surface area contributed by atoms with Gasteiger partial charge in [-0.15, -0.1) is 11.3 Å². The number of thiazole rings is 1. The first-order valence-electron chi connectivity index (χ1n) is 21.6. The van der Waals surface area contributed by atoms with Crippen molar-refractivity contribution in [2.24, 2.45) is 5.41 Å². The van der Waals surface area contributed by atoms with Crippen molar-refractivity contribution in [3.8, 4) is 10.4 Å². The van der Waals surface area contributed by atoms with Crippen LogP contribution in [0.1, 0.15) is 118 Å². The highest BCUT2D eigenvalue weighted by atomic mass is 35.5. The molecule has 338 valence electrons. The molecule has 0 spiro atoms. The van der Waals surface area contributed by atoms with E-state index >= 15 is 0 Å². The van der Waals surface area contributed by atoms with E-state index in [0.29, 0.717) is 29.9 Å². The predicted molar refractivity (Wildman–Crippen MR) is 241 cm³/mol. The molecule has 14 nitrogen and oxygen atoms in total. The lowest BCUT2D eigenvalue weighted by atomic mass is 9.85. The molecule has 1 saturated heterocycles. The molecular weight excluding hydrogens is 847 g/mol. The Kier molecular flexibility index (Phi) is 15.7. The molecule has 7 N–H and O–H groups in total. The van der Waals surface area contributed by atoms with Crippen molar-refractivity contribution in [1.82, 2.24) is 35.7 Å². The first kappa shape index (κ1) is 47.2. The maximum Gasteiger partial charge on any atom is 0.268 e. The number of carbonyl (C=O) groups excluding carboxylic acids is 5. The van der Waals surface area contributed by atoms with Crippen LogP contribution in [0.3, 0.4) is 0 Å². The van der Waals surface area contributed by atoms with E-state index in [1.54, 1.807) is 15.9 Å². The minimum absolute atomic E-state index is 0.00852. The summed E-state index contributed by atoms with van der Waals surface area (Å²) < 4.78 is 15.6. The molecule has 17 heteroatoms. The number of hydrogen-bond donors (Lipinski definition) is 6. The molecule has 4 atom stereocenters. The SMILES string of the molecule is Cc1ncsc1-c1ccc(CNC(=O)[C@@H]2C[C@@H](O)CN2C(=O)[C@@H](NC(=O)CCCCCCCCCNC(=O)c2cc(N)c3n2CC(=O)N[C@@H]3c2cc(F)ccc2Cl)C(C)(C)C)cc1. The minimum Gasteiger partial charge on any atom is -0.397 e. The normalized spacial score (nSPS) is 17.8. The van der Waals surface area contributed by atoms with Crippen molar-refractivity contribution >= 4 is 58.2 Å². The van der Waals surface area contributed by atoms with Crippen LogP contribution in [-0.2, 0) is 32.3 Å². The maximum absolute atomic E-state index is 14.1. The summed E-state index contributed by atoms with van der Waals surface area (Å²) in [5.41, 5.74) is 11.7. The molecule has 1 fully saturated rings. The van der Waals surface area contributed by atoms with Gasteiger partial charge in [-0.25, -0.2) is 9.37 Å². The molecule has 0 saturated carbocycles. The Bertz CT molecular complexity index is 2290. The number of hydrogen-bond acceptors (Lipinski definition) is 9. The number of likely N-dealkylation sites (tertiary alicyclic amines) is 1. The number of unbranched alkanes of at least 4 members (excludes halogenated alkanes) is 6. The second-order valence-corrected chi connectivity index (χ2v) is 18.8. The van der Waals surface area contributed by atoms with Crippen molar-refractivity contribution in [3.05, 3.63) is 93.1 Å². The molecule has 4 heterocycles. The van der Waals surface area contributed by atoms with Crippen LogP contribution in [0.15, 0.2) is 54.0 Å². The van der Waals surface area contributed by atoms with Crippen LogP contribution in [0, 0.1) is 18.2 Å². The average molecular weight is 906 g/mol. The monoisotopic (exact) mass is 904 g/mol. The van der Waals surface area contributed by atoms with Crippen molar-refractivity contribution in [1.29, 1.82) is 0 Å². The number of nitrogens with zero attached hydrogens (tertiary/aromatic N) is 3. The van der Waals surface area contributed by atoms with Gasteiger partial charge in [0.2, 0.25) is 23.6 Å². The number of halogens is 2. The van der Waals surface area contributed by atoms with E-state index in [-0.39, 0.29) is 66.8 Å². The second-order valence-electron chi connectivity index (χ2n) is 17.5. The fourth-order valence-corrected chi connectivity index (χ4v) is 9.28. The van der Waals surface area contributed by atoms with Gasteiger partial charge in [0.05, 0.1) is 39.6 Å². The largest absolute Gasteiger partial charge is 0.397 e. The van der Waals surface area contributed by atoms with E-state index < -0.39 is 41.4 Å². The van der Waals surface area contributed by atoms with Gasteiger partial charge in [-0.2, -0.15) is 0 Å². The molecule has 0 aliphatic carbocycles. The fourth-order valence-electron chi connectivity index (χ4n) is 8.25. The second kappa shape index (κ2) is 20.9. The summed E-state index contributed by atoms with van der Waals surface area (Å²) in [5, 5.41) is 22.4. The van der Waals surface area contributed by atoms with Crippen LogP contribution in [0.2, 0.25) is 5.02 Å². The minimum atomic E-state index is -0.884. The number of carbonyl (C=O) groups is 5. The van der Waals surface area contributed by atoms with Crippen molar-refractivity contribution in [3.63, 3.8) is 0 Å². The molecule has 0 bridgehead atoms. The molecular formula is C46H58ClFN8O6S. The molecule has 6 rings (SSSR count). The third-order valence-corrected chi connectivity index (χ3v) is 13.0. The van der Waals surface area contributed by atoms with Gasteiger partial charge in [0.15, 0.2) is 0 Å². The lowest BCUT2D eigenvalue weighted by molar-refractivity contribution is -0.144. The summed E-state index contributed by atoms with van der Waals surface area (Å²) in [7, 11) is 0. The van der Waals surface area contributed by atoms with Crippen LogP contribution in [-0.4, -0.2) is 80.4 Å². The van der Waals surface area contributed by atoms with Crippen LogP contribution >= 0.6 is 22.9 Å². The standard InChI is InChI=1S/C46H58ClFN8O6S/c1-27-41(63-26-52-27)29-15-13-28(14-16-29)23-51-44(61)35-21-31(57)24-56(35)45(62)42(46(2,3)4)54-37(58)12-10-8-6-5-7-9-11-19-50-43(60)36-22-34(49)40-39(53-38(59)25-55(36)40)32-20-30(48)17-18-33(32)47/h13-18,20,22,26,31,35,39,42,57H,5-12,19,21,23-25,49H2,1-4H3,(H,50,60)(H,51,61)(H,53,59)(H,54,58)/t31-,35+,39-,42-/m1/s1. The third-order valence-electron chi connectivity index (χ3n) is 11.6. The number of benzene rings is 2. The number of aromatic nitrogens is 2. The molecule has 4 aromatic rings. The fraction of sp³-hybridized carbons (Fsp3) is 0.478. The van der Waals surface area contributed by atoms with Gasteiger partial charge >= 0.3 is 0 Å². The Hall–Kier alpha value is -5.32. The van der Waals surface area contributed by atoms with Crippen LogP contribution in [0.5, 0.6) is 0 Å². The molecule has 0 unspecified atom stereocenters. The first-order chi connectivity index (χ1) is 30.0. The van der Waals surface area contributed by atoms with Crippen molar-refractivity contribution in [2.45, 2.75) is 123 Å². The Morgan fingerprint density at radius 1 is 1.02 bits per heavy atom. The van der Waals surface area contributed by atoms with Gasteiger partial charge in [0.1, 0.15) is 30.1 Å². The Labute approximate surface area is 376 Å². The summed E-state index contributed by atoms with van der Waals surface area (Å²) >= 11 is 7.91. The van der Waals surface area contributed by atoms with Crippen LogP contribution in [0.25, 0.3) is 10.4 Å². The summed E-state index contributed by atoms with van der Waals surface area (Å²) in [5.74, 6) is -2.21. The number of rotatable bonds is 18. The van der Waals surface area contributed by atoms with Crippen molar-refractivity contribution in [2.75, 3.05) is 18.8 Å². The van der Waals surface area contributed by atoms with E-state index in [2.05, 4.69) is 26.3 Å². The molecule has 2 aliphatic rings. The van der Waals surface area contributed by atoms with E-state index in [0.717, 1.165) is 60.2 Å². The van der Waals surface area contributed by atoms with Gasteiger partial charge < -0.3 is 41.6 Å². The van der Waals surface area contributed by atoms with Crippen molar-refractivity contribution < 1.29 is 33.5 Å². The van der Waals surface area contributed by atoms with Gasteiger partial charge in [0, 0.05) is 43.1 Å². The highest BCUT2D eigenvalue weighted by Gasteiger charge is 2.44. The molecule has 0 radical (unpaired) electrons. The number of aliphatic hydroxyl groups is 1. The highest BCUT2D eigenvalue weighted by molar-refractivity contribution is 7.13. The number of aryl methyl sites for hydroxylation is 1. The molecule has 2 aromatic carbocycles.